The Morgan fingerprint density at radius 1 is 1.21 bits per heavy atom. The van der Waals surface area contributed by atoms with Crippen molar-refractivity contribution in [1.82, 2.24) is 4.90 Å². The molecule has 1 amide bonds. The fourth-order valence-corrected chi connectivity index (χ4v) is 1.80. The maximum Gasteiger partial charge on any atom is 0.242 e. The van der Waals surface area contributed by atoms with E-state index in [1.807, 2.05) is 0 Å². The average Bonchev–Trinajstić information content (AvgIpc) is 2.38. The highest BCUT2D eigenvalue weighted by Crippen LogP contribution is 2.19. The Morgan fingerprint density at radius 3 is 2.37 bits per heavy atom. The number of nitrogens with zero attached hydrogens (tertiary/aromatic N) is 1. The van der Waals surface area contributed by atoms with Crippen LogP contribution < -0.4 is 5.32 Å². The molecule has 19 heavy (non-hydrogen) atoms. The molecule has 1 N–H and O–H groups in total. The first-order chi connectivity index (χ1) is 9.08. The zero-order valence-electron chi connectivity index (χ0n) is 10.1. The van der Waals surface area contributed by atoms with Gasteiger partial charge in [-0.25, -0.2) is 13.2 Å². The van der Waals surface area contributed by atoms with Gasteiger partial charge in [0.2, 0.25) is 5.91 Å². The number of hydrogen-bond donors (Lipinski definition) is 1. The molecule has 1 aliphatic rings. The fraction of sp³-hybridized carbons (Fsp3) is 0.417. The molecule has 1 aromatic rings. The molecule has 0 radical (unpaired) electrons. The van der Waals surface area contributed by atoms with Crippen molar-refractivity contribution < 1.29 is 22.7 Å². The quantitative estimate of drug-likeness (QED) is 0.905. The minimum atomic E-state index is -1.06. The van der Waals surface area contributed by atoms with Crippen LogP contribution in [0.3, 0.4) is 0 Å². The summed E-state index contributed by atoms with van der Waals surface area (Å²) in [7, 11) is 0. The van der Waals surface area contributed by atoms with Crippen molar-refractivity contribution in [1.29, 1.82) is 0 Å². The van der Waals surface area contributed by atoms with Gasteiger partial charge in [-0.15, -0.1) is 0 Å². The molecular weight excluding hydrogens is 261 g/mol. The summed E-state index contributed by atoms with van der Waals surface area (Å²) in [5.41, 5.74) is -0.497. The van der Waals surface area contributed by atoms with Gasteiger partial charge >= 0.3 is 0 Å². The van der Waals surface area contributed by atoms with Gasteiger partial charge in [0.25, 0.3) is 0 Å². The van der Waals surface area contributed by atoms with Gasteiger partial charge in [0.15, 0.2) is 11.6 Å². The predicted molar refractivity (Wildman–Crippen MR) is 62.2 cm³/mol. The molecule has 4 nitrogen and oxygen atoms in total. The lowest BCUT2D eigenvalue weighted by atomic mass is 10.2. The van der Waals surface area contributed by atoms with Crippen molar-refractivity contribution >= 4 is 11.6 Å². The maximum absolute atomic E-state index is 13.3. The largest absolute Gasteiger partial charge is 0.378 e. The van der Waals surface area contributed by atoms with Crippen molar-refractivity contribution in [3.63, 3.8) is 0 Å². The van der Waals surface area contributed by atoms with Crippen LogP contribution in [0.2, 0.25) is 0 Å². The second kappa shape index (κ2) is 5.92. The van der Waals surface area contributed by atoms with Crippen molar-refractivity contribution in [2.75, 3.05) is 38.2 Å². The van der Waals surface area contributed by atoms with Gasteiger partial charge in [0.1, 0.15) is 11.5 Å². The highest BCUT2D eigenvalue weighted by molar-refractivity contribution is 5.81. The molecule has 1 saturated heterocycles. The van der Waals surface area contributed by atoms with Crippen LogP contribution in [0.25, 0.3) is 0 Å². The molecule has 2 rings (SSSR count). The number of morpholine rings is 1. The van der Waals surface area contributed by atoms with Gasteiger partial charge in [-0.05, 0) is 0 Å². The molecule has 0 atom stereocenters. The van der Waals surface area contributed by atoms with Crippen LogP contribution in [0.5, 0.6) is 0 Å². The predicted octanol–water partition coefficient (Wildman–Crippen LogP) is 1.37. The van der Waals surface area contributed by atoms with E-state index in [2.05, 4.69) is 5.32 Å². The number of rotatable bonds is 3. The zero-order chi connectivity index (χ0) is 13.8. The van der Waals surface area contributed by atoms with E-state index in [1.165, 1.54) is 4.90 Å². The summed E-state index contributed by atoms with van der Waals surface area (Å²) in [4.78, 5) is 13.3. The summed E-state index contributed by atoms with van der Waals surface area (Å²) in [6, 6.07) is 1.12. The third kappa shape index (κ3) is 3.37. The molecule has 1 fully saturated rings. The maximum atomic E-state index is 13.3. The minimum absolute atomic E-state index is 0.251. The second-order valence-corrected chi connectivity index (χ2v) is 4.09. The average molecular weight is 274 g/mol. The molecule has 0 saturated carbocycles. The van der Waals surface area contributed by atoms with Gasteiger partial charge in [-0.2, -0.15) is 0 Å². The Hall–Kier alpha value is -1.76. The first-order valence-electron chi connectivity index (χ1n) is 5.82. The SMILES string of the molecule is O=C(CNc1c(F)cc(F)cc1F)N1CCOCC1. The van der Waals surface area contributed by atoms with E-state index in [4.69, 9.17) is 4.74 Å². The summed E-state index contributed by atoms with van der Waals surface area (Å²) in [5.74, 6) is -3.41. The molecule has 1 aromatic carbocycles. The number of halogens is 3. The third-order valence-electron chi connectivity index (χ3n) is 2.79. The van der Waals surface area contributed by atoms with Crippen LogP contribution in [0, 0.1) is 17.5 Å². The lowest BCUT2D eigenvalue weighted by Crippen LogP contribution is -2.43. The third-order valence-corrected chi connectivity index (χ3v) is 2.79. The summed E-state index contributed by atoms with van der Waals surface area (Å²) in [6.07, 6.45) is 0. The number of carbonyl (C=O) groups excluding carboxylic acids is 1. The minimum Gasteiger partial charge on any atom is -0.378 e. The van der Waals surface area contributed by atoms with Crippen LogP contribution in [-0.2, 0) is 9.53 Å². The molecule has 0 aliphatic carbocycles. The van der Waals surface area contributed by atoms with E-state index in [1.54, 1.807) is 0 Å². The standard InChI is InChI=1S/C12H13F3N2O2/c13-8-5-9(14)12(10(15)6-8)16-7-11(18)17-1-3-19-4-2-17/h5-6,16H,1-4,7H2. The van der Waals surface area contributed by atoms with Crippen molar-refractivity contribution in [2.45, 2.75) is 0 Å². The van der Waals surface area contributed by atoms with E-state index in [9.17, 15) is 18.0 Å². The number of anilines is 1. The van der Waals surface area contributed by atoms with Crippen molar-refractivity contribution in [3.05, 3.63) is 29.6 Å². The number of benzene rings is 1. The molecule has 0 aromatic heterocycles. The first kappa shape index (κ1) is 13.7. The van der Waals surface area contributed by atoms with Crippen molar-refractivity contribution in [2.24, 2.45) is 0 Å². The van der Waals surface area contributed by atoms with Crippen LogP contribution in [0.15, 0.2) is 12.1 Å². The summed E-state index contributed by atoms with van der Waals surface area (Å²) >= 11 is 0. The van der Waals surface area contributed by atoms with Gasteiger partial charge in [-0.1, -0.05) is 0 Å². The number of amides is 1. The fourth-order valence-electron chi connectivity index (χ4n) is 1.80. The van der Waals surface area contributed by atoms with Crippen LogP contribution >= 0.6 is 0 Å². The molecule has 1 aliphatic heterocycles. The topological polar surface area (TPSA) is 41.6 Å². The van der Waals surface area contributed by atoms with Crippen LogP contribution in [-0.4, -0.2) is 43.7 Å². The van der Waals surface area contributed by atoms with Gasteiger partial charge in [-0.3, -0.25) is 4.79 Å². The number of hydrogen-bond acceptors (Lipinski definition) is 3. The Kier molecular flexibility index (Phi) is 4.26. The first-order valence-corrected chi connectivity index (χ1v) is 5.82. The Balaban J connectivity index is 1.96. The van der Waals surface area contributed by atoms with E-state index < -0.39 is 23.1 Å². The Morgan fingerprint density at radius 2 is 1.79 bits per heavy atom. The van der Waals surface area contributed by atoms with Gasteiger partial charge in [0.05, 0.1) is 19.8 Å². The van der Waals surface area contributed by atoms with Crippen LogP contribution in [0.1, 0.15) is 0 Å². The smallest absolute Gasteiger partial charge is 0.242 e. The molecule has 0 spiro atoms. The molecule has 104 valence electrons. The van der Waals surface area contributed by atoms with E-state index in [-0.39, 0.29) is 12.5 Å². The molecule has 0 bridgehead atoms. The van der Waals surface area contributed by atoms with Gasteiger partial charge < -0.3 is 15.0 Å². The van der Waals surface area contributed by atoms with Crippen LogP contribution in [0.4, 0.5) is 18.9 Å². The van der Waals surface area contributed by atoms with Gasteiger partial charge in [0, 0.05) is 25.2 Å². The lowest BCUT2D eigenvalue weighted by molar-refractivity contribution is -0.133. The summed E-state index contributed by atoms with van der Waals surface area (Å²) < 4.78 is 44.4. The highest BCUT2D eigenvalue weighted by atomic mass is 19.1. The molecule has 7 heteroatoms. The summed E-state index contributed by atoms with van der Waals surface area (Å²) in [6.45, 7) is 1.55. The molecule has 0 unspecified atom stereocenters. The number of ether oxygens (including phenoxy) is 1. The van der Waals surface area contributed by atoms with Crippen molar-refractivity contribution in [3.8, 4) is 0 Å². The summed E-state index contributed by atoms with van der Waals surface area (Å²) in [5, 5.41) is 2.36. The zero-order valence-corrected chi connectivity index (χ0v) is 10.1. The van der Waals surface area contributed by atoms with E-state index >= 15 is 0 Å². The lowest BCUT2D eigenvalue weighted by Gasteiger charge is -2.27. The number of nitrogens with one attached hydrogen (secondary N) is 1. The highest BCUT2D eigenvalue weighted by Gasteiger charge is 2.18. The normalized spacial score (nSPS) is 15.4. The monoisotopic (exact) mass is 274 g/mol. The Bertz CT molecular complexity index is 453. The molecular formula is C12H13F3N2O2. The number of carbonyl (C=O) groups is 1. The second-order valence-electron chi connectivity index (χ2n) is 4.09. The molecule has 1 heterocycles. The Labute approximate surface area is 108 Å². The van der Waals surface area contributed by atoms with E-state index in [0.717, 1.165) is 0 Å². The van der Waals surface area contributed by atoms with E-state index in [0.29, 0.717) is 38.4 Å².